The molecular weight excluding hydrogens is 546 g/mol. The molecule has 0 saturated carbocycles. The van der Waals surface area contributed by atoms with E-state index < -0.39 is 6.09 Å². The SMILES string of the molecule is O=C(NCCOCCOCCOCCOCCOCCOCCOCCOCc1ccccc1)OCc1ccccc1. The van der Waals surface area contributed by atoms with Crippen LogP contribution in [-0.2, 0) is 55.8 Å². The maximum Gasteiger partial charge on any atom is 0.407 e. The molecule has 42 heavy (non-hydrogen) atoms. The van der Waals surface area contributed by atoms with Crippen molar-refractivity contribution in [1.82, 2.24) is 5.32 Å². The summed E-state index contributed by atoms with van der Waals surface area (Å²) >= 11 is 0. The van der Waals surface area contributed by atoms with E-state index in [2.05, 4.69) is 5.32 Å². The van der Waals surface area contributed by atoms with E-state index in [9.17, 15) is 4.79 Å². The van der Waals surface area contributed by atoms with Gasteiger partial charge in [0.1, 0.15) is 6.61 Å². The van der Waals surface area contributed by atoms with Crippen molar-refractivity contribution < 1.29 is 47.4 Å². The lowest BCUT2D eigenvalue weighted by Crippen LogP contribution is -2.28. The number of carbonyl (C=O) groups excluding carboxylic acids is 1. The summed E-state index contributed by atoms with van der Waals surface area (Å²) in [7, 11) is 0. The molecule has 11 heteroatoms. The minimum absolute atomic E-state index is 0.241. The number of hydrogen-bond acceptors (Lipinski definition) is 10. The molecular formula is C31H47NO10. The number of amides is 1. The van der Waals surface area contributed by atoms with Gasteiger partial charge in [-0.2, -0.15) is 0 Å². The summed E-state index contributed by atoms with van der Waals surface area (Å²) in [5.41, 5.74) is 2.10. The van der Waals surface area contributed by atoms with E-state index in [0.29, 0.717) is 112 Å². The van der Waals surface area contributed by atoms with E-state index in [1.807, 2.05) is 60.7 Å². The summed E-state index contributed by atoms with van der Waals surface area (Å²) in [5, 5.41) is 2.64. The quantitative estimate of drug-likeness (QED) is 0.148. The highest BCUT2D eigenvalue weighted by Gasteiger charge is 2.02. The van der Waals surface area contributed by atoms with E-state index in [-0.39, 0.29) is 6.61 Å². The van der Waals surface area contributed by atoms with Crippen molar-refractivity contribution in [3.8, 4) is 0 Å². The smallest absolute Gasteiger partial charge is 0.407 e. The van der Waals surface area contributed by atoms with Crippen LogP contribution in [0.15, 0.2) is 60.7 Å². The average Bonchev–Trinajstić information content (AvgIpc) is 3.02. The highest BCUT2D eigenvalue weighted by molar-refractivity contribution is 5.67. The normalized spacial score (nSPS) is 11.0. The molecule has 0 aliphatic rings. The number of hydrogen-bond donors (Lipinski definition) is 1. The minimum atomic E-state index is -0.466. The van der Waals surface area contributed by atoms with E-state index in [0.717, 1.165) is 11.1 Å². The van der Waals surface area contributed by atoms with Crippen LogP contribution >= 0.6 is 0 Å². The highest BCUT2D eigenvalue weighted by atomic mass is 16.6. The standard InChI is InChI=1S/C31H47NO10/c33-31(42-28-30-9-5-2-6-10-30)32-11-12-34-13-14-35-15-16-36-17-18-37-19-20-38-21-22-39-23-24-40-25-26-41-27-29-7-3-1-4-8-29/h1-10H,11-28H2,(H,32,33). The summed E-state index contributed by atoms with van der Waals surface area (Å²) in [6.45, 7) is 8.64. The molecule has 0 aliphatic heterocycles. The lowest BCUT2D eigenvalue weighted by Gasteiger charge is -2.09. The predicted octanol–water partition coefficient (Wildman–Crippen LogP) is 3.25. The largest absolute Gasteiger partial charge is 0.445 e. The van der Waals surface area contributed by atoms with Gasteiger partial charge in [0.05, 0.1) is 106 Å². The van der Waals surface area contributed by atoms with Crippen LogP contribution in [0.1, 0.15) is 11.1 Å². The first-order chi connectivity index (χ1) is 20.8. The Morgan fingerprint density at radius 1 is 0.429 bits per heavy atom. The van der Waals surface area contributed by atoms with Gasteiger partial charge in [-0.3, -0.25) is 0 Å². The lowest BCUT2D eigenvalue weighted by atomic mass is 10.2. The van der Waals surface area contributed by atoms with Crippen molar-refractivity contribution in [2.45, 2.75) is 13.2 Å². The number of nitrogens with one attached hydrogen (secondary N) is 1. The third-order valence-corrected chi connectivity index (χ3v) is 5.44. The van der Waals surface area contributed by atoms with Crippen LogP contribution in [0.4, 0.5) is 4.79 Å². The second-order valence-electron chi connectivity index (χ2n) is 8.81. The van der Waals surface area contributed by atoms with Gasteiger partial charge in [0.2, 0.25) is 0 Å². The molecule has 1 amide bonds. The molecule has 0 fully saturated rings. The van der Waals surface area contributed by atoms with Gasteiger partial charge < -0.3 is 47.9 Å². The fourth-order valence-electron chi connectivity index (χ4n) is 3.30. The van der Waals surface area contributed by atoms with Crippen LogP contribution in [0.25, 0.3) is 0 Å². The van der Waals surface area contributed by atoms with Gasteiger partial charge in [-0.25, -0.2) is 4.79 Å². The van der Waals surface area contributed by atoms with Crippen molar-refractivity contribution in [3.63, 3.8) is 0 Å². The molecule has 1 N–H and O–H groups in total. The molecule has 0 radical (unpaired) electrons. The Balaban J connectivity index is 1.17. The predicted molar refractivity (Wildman–Crippen MR) is 156 cm³/mol. The van der Waals surface area contributed by atoms with Gasteiger partial charge >= 0.3 is 6.09 Å². The van der Waals surface area contributed by atoms with Gasteiger partial charge in [0.15, 0.2) is 0 Å². The Kier molecular flexibility index (Phi) is 23.1. The van der Waals surface area contributed by atoms with E-state index in [1.165, 1.54) is 0 Å². The Labute approximate surface area is 249 Å². The summed E-state index contributed by atoms with van der Waals surface area (Å²) < 4.78 is 48.9. The molecule has 0 unspecified atom stereocenters. The maximum absolute atomic E-state index is 11.6. The van der Waals surface area contributed by atoms with Gasteiger partial charge in [0, 0.05) is 6.54 Å². The summed E-state index contributed by atoms with van der Waals surface area (Å²) in [6.07, 6.45) is -0.466. The second-order valence-corrected chi connectivity index (χ2v) is 8.81. The van der Waals surface area contributed by atoms with E-state index >= 15 is 0 Å². The molecule has 2 aromatic carbocycles. The van der Waals surface area contributed by atoms with Crippen LogP contribution in [0, 0.1) is 0 Å². The molecule has 0 bridgehead atoms. The van der Waals surface area contributed by atoms with E-state index in [4.69, 9.17) is 42.6 Å². The van der Waals surface area contributed by atoms with Gasteiger partial charge in [0.25, 0.3) is 0 Å². The number of rotatable bonds is 28. The third kappa shape index (κ3) is 22.0. The summed E-state index contributed by atoms with van der Waals surface area (Å²) in [6, 6.07) is 19.6. The first-order valence-electron chi connectivity index (χ1n) is 14.4. The number of benzene rings is 2. The van der Waals surface area contributed by atoms with E-state index in [1.54, 1.807) is 0 Å². The Bertz CT molecular complexity index is 859. The van der Waals surface area contributed by atoms with Crippen molar-refractivity contribution in [2.75, 3.05) is 106 Å². The van der Waals surface area contributed by atoms with Gasteiger partial charge in [-0.1, -0.05) is 60.7 Å². The Morgan fingerprint density at radius 2 is 0.762 bits per heavy atom. The molecule has 2 rings (SSSR count). The van der Waals surface area contributed by atoms with Crippen LogP contribution in [0.5, 0.6) is 0 Å². The van der Waals surface area contributed by atoms with Crippen molar-refractivity contribution in [3.05, 3.63) is 71.8 Å². The summed E-state index contributed by atoms with van der Waals surface area (Å²) in [5.74, 6) is 0. The van der Waals surface area contributed by atoms with Crippen LogP contribution in [-0.4, -0.2) is 112 Å². The molecule has 0 saturated heterocycles. The fraction of sp³-hybridized carbons (Fsp3) is 0.581. The molecule has 0 heterocycles. The van der Waals surface area contributed by atoms with Crippen LogP contribution < -0.4 is 5.32 Å². The zero-order valence-corrected chi connectivity index (χ0v) is 24.6. The second kappa shape index (κ2) is 27.2. The fourth-order valence-corrected chi connectivity index (χ4v) is 3.30. The van der Waals surface area contributed by atoms with Crippen LogP contribution in [0.3, 0.4) is 0 Å². The molecule has 0 aliphatic carbocycles. The first-order valence-corrected chi connectivity index (χ1v) is 14.4. The van der Waals surface area contributed by atoms with Gasteiger partial charge in [-0.15, -0.1) is 0 Å². The zero-order valence-electron chi connectivity index (χ0n) is 24.6. The third-order valence-electron chi connectivity index (χ3n) is 5.44. The summed E-state index contributed by atoms with van der Waals surface area (Å²) in [4.78, 5) is 11.6. The topological polar surface area (TPSA) is 112 Å². The van der Waals surface area contributed by atoms with Crippen molar-refractivity contribution in [1.29, 1.82) is 0 Å². The minimum Gasteiger partial charge on any atom is -0.445 e. The molecule has 236 valence electrons. The molecule has 11 nitrogen and oxygen atoms in total. The molecule has 0 spiro atoms. The number of carbonyl (C=O) groups is 1. The monoisotopic (exact) mass is 593 g/mol. The van der Waals surface area contributed by atoms with Crippen molar-refractivity contribution in [2.24, 2.45) is 0 Å². The lowest BCUT2D eigenvalue weighted by molar-refractivity contribution is -0.0235. The van der Waals surface area contributed by atoms with Crippen LogP contribution in [0.2, 0.25) is 0 Å². The zero-order chi connectivity index (χ0) is 29.6. The first kappa shape index (κ1) is 35.6. The Hall–Kier alpha value is -2.61. The highest BCUT2D eigenvalue weighted by Crippen LogP contribution is 2.01. The molecule has 2 aromatic rings. The molecule has 0 atom stereocenters. The molecule has 0 aromatic heterocycles. The number of alkyl carbamates (subject to hydrolysis) is 1. The maximum atomic E-state index is 11.6. The van der Waals surface area contributed by atoms with Crippen molar-refractivity contribution >= 4 is 6.09 Å². The Morgan fingerprint density at radius 3 is 1.17 bits per heavy atom. The average molecular weight is 594 g/mol. The number of ether oxygens (including phenoxy) is 9. The van der Waals surface area contributed by atoms with Gasteiger partial charge in [-0.05, 0) is 11.1 Å².